The minimum Gasteiger partial charge on any atom is -0.383 e. The molecule has 0 N–H and O–H groups in total. The smallest absolute Gasteiger partial charge is 0.257 e. The van der Waals surface area contributed by atoms with Crippen LogP contribution in [0.4, 0.5) is 0 Å². The molecule has 3 heterocycles. The zero-order chi connectivity index (χ0) is 22.2. The van der Waals surface area contributed by atoms with Crippen LogP contribution >= 0.6 is 0 Å². The molecule has 0 bridgehead atoms. The van der Waals surface area contributed by atoms with Gasteiger partial charge >= 0.3 is 0 Å². The monoisotopic (exact) mass is 440 g/mol. The maximum Gasteiger partial charge on any atom is 0.257 e. The maximum atomic E-state index is 13.5. The van der Waals surface area contributed by atoms with Crippen LogP contribution < -0.4 is 0 Å². The summed E-state index contributed by atoms with van der Waals surface area (Å²) in [6.07, 6.45) is 8.09. The second kappa shape index (κ2) is 11.6. The normalized spacial score (nSPS) is 20.0. The number of hydrogen-bond acceptors (Lipinski definition) is 5. The minimum atomic E-state index is 0.0709. The van der Waals surface area contributed by atoms with E-state index in [1.54, 1.807) is 13.3 Å². The van der Waals surface area contributed by atoms with Gasteiger partial charge in [-0.1, -0.05) is 30.3 Å². The van der Waals surface area contributed by atoms with E-state index in [1.165, 1.54) is 5.56 Å². The summed E-state index contributed by atoms with van der Waals surface area (Å²) in [4.78, 5) is 17.9. The van der Waals surface area contributed by atoms with Gasteiger partial charge in [0, 0.05) is 39.5 Å². The van der Waals surface area contributed by atoms with Crippen molar-refractivity contribution in [2.24, 2.45) is 5.92 Å². The summed E-state index contributed by atoms with van der Waals surface area (Å²) in [7, 11) is 1.75. The third-order valence-corrected chi connectivity index (χ3v) is 6.60. The number of carbonyl (C=O) groups excluding carboxylic acids is 1. The summed E-state index contributed by atoms with van der Waals surface area (Å²) in [5.74, 6) is 0.597. The van der Waals surface area contributed by atoms with Gasteiger partial charge in [-0.05, 0) is 50.3 Å². The fourth-order valence-corrected chi connectivity index (χ4v) is 4.71. The molecule has 2 aliphatic heterocycles. The first kappa shape index (κ1) is 23.0. The molecule has 2 aliphatic rings. The van der Waals surface area contributed by atoms with E-state index in [2.05, 4.69) is 22.1 Å². The van der Waals surface area contributed by atoms with Crippen LogP contribution in [0.5, 0.6) is 0 Å². The molecule has 7 nitrogen and oxygen atoms in total. The van der Waals surface area contributed by atoms with Crippen molar-refractivity contribution in [3.05, 3.63) is 53.9 Å². The number of aromatic nitrogens is 2. The van der Waals surface area contributed by atoms with Crippen LogP contribution in [-0.2, 0) is 16.0 Å². The second-order valence-electron chi connectivity index (χ2n) is 9.04. The zero-order valence-corrected chi connectivity index (χ0v) is 19.2. The first-order valence-electron chi connectivity index (χ1n) is 11.9. The van der Waals surface area contributed by atoms with Crippen LogP contribution in [0.1, 0.15) is 41.6 Å². The Balaban J connectivity index is 1.38. The Bertz CT molecular complexity index is 827. The maximum absolute atomic E-state index is 13.5. The summed E-state index contributed by atoms with van der Waals surface area (Å²) in [5, 5.41) is 4.45. The number of carbonyl (C=O) groups is 1. The highest BCUT2D eigenvalue weighted by Gasteiger charge is 2.28. The van der Waals surface area contributed by atoms with E-state index in [0.717, 1.165) is 65.1 Å². The number of amides is 1. The van der Waals surface area contributed by atoms with Gasteiger partial charge < -0.3 is 19.3 Å². The molecule has 0 unspecified atom stereocenters. The Morgan fingerprint density at radius 3 is 2.72 bits per heavy atom. The topological polar surface area (TPSA) is 59.8 Å². The lowest BCUT2D eigenvalue weighted by Gasteiger charge is -2.35. The molecular weight excluding hydrogens is 404 g/mol. The van der Waals surface area contributed by atoms with E-state index in [9.17, 15) is 4.79 Å². The van der Waals surface area contributed by atoms with E-state index in [1.807, 2.05) is 34.0 Å². The number of piperidine rings is 1. The van der Waals surface area contributed by atoms with Crippen LogP contribution in [0.25, 0.3) is 0 Å². The van der Waals surface area contributed by atoms with Gasteiger partial charge in [-0.15, -0.1) is 0 Å². The SMILES string of the molecule is COCCN1CCC(CN(C[C@H]2CCCO2)C(=O)c2cnn(Cc3ccccc3)c2)CC1. The van der Waals surface area contributed by atoms with Gasteiger partial charge in [-0.25, -0.2) is 0 Å². The molecule has 32 heavy (non-hydrogen) atoms. The number of likely N-dealkylation sites (tertiary alicyclic amines) is 1. The van der Waals surface area contributed by atoms with Crippen molar-refractivity contribution >= 4 is 5.91 Å². The summed E-state index contributed by atoms with van der Waals surface area (Å²) < 4.78 is 12.9. The van der Waals surface area contributed by atoms with Crippen molar-refractivity contribution in [2.45, 2.75) is 38.3 Å². The highest BCUT2D eigenvalue weighted by Crippen LogP contribution is 2.22. The minimum absolute atomic E-state index is 0.0709. The Morgan fingerprint density at radius 2 is 2.00 bits per heavy atom. The van der Waals surface area contributed by atoms with Crippen molar-refractivity contribution in [3.63, 3.8) is 0 Å². The predicted molar refractivity (Wildman–Crippen MR) is 124 cm³/mol. The Hall–Kier alpha value is -2.22. The average molecular weight is 441 g/mol. The van der Waals surface area contributed by atoms with Crippen LogP contribution in [0.2, 0.25) is 0 Å². The van der Waals surface area contributed by atoms with Gasteiger partial charge in [0.2, 0.25) is 0 Å². The fourth-order valence-electron chi connectivity index (χ4n) is 4.71. The molecule has 2 saturated heterocycles. The number of ether oxygens (including phenoxy) is 2. The highest BCUT2D eigenvalue weighted by molar-refractivity contribution is 5.93. The predicted octanol–water partition coefficient (Wildman–Crippen LogP) is 2.91. The largest absolute Gasteiger partial charge is 0.383 e. The quantitative estimate of drug-likeness (QED) is 0.569. The Morgan fingerprint density at radius 1 is 1.19 bits per heavy atom. The molecule has 2 fully saturated rings. The Kier molecular flexibility index (Phi) is 8.31. The van der Waals surface area contributed by atoms with Crippen molar-refractivity contribution in [3.8, 4) is 0 Å². The lowest BCUT2D eigenvalue weighted by Crippen LogP contribution is -2.44. The molecule has 4 rings (SSSR count). The first-order valence-corrected chi connectivity index (χ1v) is 11.9. The molecule has 1 aromatic carbocycles. The van der Waals surface area contributed by atoms with Gasteiger partial charge in [0.15, 0.2) is 0 Å². The lowest BCUT2D eigenvalue weighted by molar-refractivity contribution is 0.0437. The molecule has 1 amide bonds. The van der Waals surface area contributed by atoms with Crippen LogP contribution in [-0.4, -0.2) is 84.6 Å². The van der Waals surface area contributed by atoms with Gasteiger partial charge in [0.1, 0.15) is 0 Å². The van der Waals surface area contributed by atoms with E-state index in [4.69, 9.17) is 9.47 Å². The molecule has 2 aromatic rings. The van der Waals surface area contributed by atoms with Gasteiger partial charge in [-0.3, -0.25) is 9.48 Å². The average Bonchev–Trinajstić information content (AvgIpc) is 3.51. The second-order valence-corrected chi connectivity index (χ2v) is 9.04. The third-order valence-electron chi connectivity index (χ3n) is 6.60. The van der Waals surface area contributed by atoms with Crippen LogP contribution in [0.15, 0.2) is 42.7 Å². The van der Waals surface area contributed by atoms with Gasteiger partial charge in [0.25, 0.3) is 5.91 Å². The van der Waals surface area contributed by atoms with Crippen LogP contribution in [0, 0.1) is 5.92 Å². The van der Waals surface area contributed by atoms with E-state index < -0.39 is 0 Å². The summed E-state index contributed by atoms with van der Waals surface area (Å²) in [5.41, 5.74) is 1.84. The highest BCUT2D eigenvalue weighted by atomic mass is 16.5. The summed E-state index contributed by atoms with van der Waals surface area (Å²) in [6, 6.07) is 10.2. The molecule has 174 valence electrons. The summed E-state index contributed by atoms with van der Waals surface area (Å²) >= 11 is 0. The fraction of sp³-hybridized carbons (Fsp3) is 0.600. The van der Waals surface area contributed by atoms with E-state index in [-0.39, 0.29) is 12.0 Å². The molecule has 0 spiro atoms. The molecule has 0 aliphatic carbocycles. The Labute approximate surface area is 191 Å². The number of rotatable bonds is 10. The summed E-state index contributed by atoms with van der Waals surface area (Å²) in [6.45, 7) is 6.85. The molecule has 0 radical (unpaired) electrons. The third kappa shape index (κ3) is 6.40. The van der Waals surface area contributed by atoms with E-state index >= 15 is 0 Å². The van der Waals surface area contributed by atoms with Gasteiger partial charge in [0.05, 0.1) is 31.0 Å². The number of hydrogen-bond donors (Lipinski definition) is 0. The molecule has 1 atom stereocenters. The van der Waals surface area contributed by atoms with Crippen LogP contribution in [0.3, 0.4) is 0 Å². The molecule has 1 aromatic heterocycles. The number of nitrogens with zero attached hydrogens (tertiary/aromatic N) is 4. The van der Waals surface area contributed by atoms with Crippen molar-refractivity contribution in [2.75, 3.05) is 53.0 Å². The molecular formula is C25H36N4O3. The lowest BCUT2D eigenvalue weighted by atomic mass is 9.95. The standard InChI is InChI=1S/C25H36N4O3/c1-31-15-13-27-11-9-22(10-12-27)17-28(20-24-8-5-14-32-24)25(30)23-16-26-29(19-23)18-21-6-3-2-4-7-21/h2-4,6-7,16,19,22,24H,5,8-15,17-18,20H2,1H3/t24-/m1/s1. The number of benzene rings is 1. The first-order chi connectivity index (χ1) is 15.7. The van der Waals surface area contributed by atoms with E-state index in [0.29, 0.717) is 24.6 Å². The molecule has 0 saturated carbocycles. The van der Waals surface area contributed by atoms with Crippen molar-refractivity contribution in [1.82, 2.24) is 19.6 Å². The zero-order valence-electron chi connectivity index (χ0n) is 19.2. The number of methoxy groups -OCH3 is 1. The van der Waals surface area contributed by atoms with Crippen molar-refractivity contribution in [1.29, 1.82) is 0 Å². The van der Waals surface area contributed by atoms with Crippen molar-refractivity contribution < 1.29 is 14.3 Å². The molecule has 7 heteroatoms. The van der Waals surface area contributed by atoms with Gasteiger partial charge in [-0.2, -0.15) is 5.10 Å².